The van der Waals surface area contributed by atoms with Crippen molar-refractivity contribution in [3.8, 4) is 12.3 Å². The normalized spacial score (nSPS) is 17.8. The van der Waals surface area contributed by atoms with Crippen LogP contribution in [0.25, 0.3) is 0 Å². The molecule has 0 saturated carbocycles. The van der Waals surface area contributed by atoms with Crippen LogP contribution in [0.4, 0.5) is 0 Å². The van der Waals surface area contributed by atoms with E-state index in [1.165, 1.54) is 4.31 Å². The monoisotopic (exact) mass is 298 g/mol. The van der Waals surface area contributed by atoms with E-state index in [0.29, 0.717) is 19.6 Å². The van der Waals surface area contributed by atoms with Crippen molar-refractivity contribution in [1.82, 2.24) is 19.4 Å². The van der Waals surface area contributed by atoms with Gasteiger partial charge >= 0.3 is 5.97 Å². The molecule has 1 fully saturated rings. The number of aromatic amines is 1. The molecular formula is C11H14N4O4S. The quantitative estimate of drug-likeness (QED) is 0.694. The average molecular weight is 298 g/mol. The Bertz CT molecular complexity index is 638. The summed E-state index contributed by atoms with van der Waals surface area (Å²) >= 11 is 0. The number of piperazine rings is 1. The van der Waals surface area contributed by atoms with Crippen molar-refractivity contribution in [1.29, 1.82) is 0 Å². The summed E-state index contributed by atoms with van der Waals surface area (Å²) in [5.74, 6) is 1.18. The predicted molar refractivity (Wildman–Crippen MR) is 69.6 cm³/mol. The molecule has 1 saturated heterocycles. The first-order chi connectivity index (χ1) is 9.46. The Kier molecular flexibility index (Phi) is 4.08. The number of hydrogen-bond acceptors (Lipinski definition) is 5. The van der Waals surface area contributed by atoms with Crippen molar-refractivity contribution in [3.63, 3.8) is 0 Å². The van der Waals surface area contributed by atoms with Gasteiger partial charge in [-0.2, -0.15) is 9.40 Å². The third-order valence-corrected chi connectivity index (χ3v) is 4.95. The van der Waals surface area contributed by atoms with Gasteiger partial charge in [-0.1, -0.05) is 5.92 Å². The Morgan fingerprint density at radius 1 is 1.45 bits per heavy atom. The van der Waals surface area contributed by atoms with E-state index in [4.69, 9.17) is 11.5 Å². The van der Waals surface area contributed by atoms with Crippen LogP contribution in [-0.4, -0.2) is 71.6 Å². The van der Waals surface area contributed by atoms with Crippen molar-refractivity contribution in [2.45, 2.75) is 5.03 Å². The lowest BCUT2D eigenvalue weighted by Gasteiger charge is -2.32. The van der Waals surface area contributed by atoms with E-state index in [9.17, 15) is 13.2 Å². The van der Waals surface area contributed by atoms with Crippen molar-refractivity contribution in [2.75, 3.05) is 32.7 Å². The number of carboxylic acids is 1. The zero-order valence-electron chi connectivity index (χ0n) is 10.6. The Labute approximate surface area is 116 Å². The highest BCUT2D eigenvalue weighted by molar-refractivity contribution is 7.89. The SMILES string of the molecule is C#CCN1CCN(S(=O)(=O)c2[nH]ncc2C(=O)O)CC1. The highest BCUT2D eigenvalue weighted by Crippen LogP contribution is 2.19. The minimum Gasteiger partial charge on any atom is -0.478 e. The van der Waals surface area contributed by atoms with E-state index >= 15 is 0 Å². The molecule has 1 aliphatic rings. The highest BCUT2D eigenvalue weighted by atomic mass is 32.2. The Morgan fingerprint density at radius 3 is 2.65 bits per heavy atom. The summed E-state index contributed by atoms with van der Waals surface area (Å²) in [5.41, 5.74) is -0.351. The number of rotatable bonds is 4. The standard InChI is InChI=1S/C11H14N4O4S/c1-2-3-14-4-6-15(7-5-14)20(18,19)10-9(11(16)17)8-12-13-10/h1,8H,3-7H2,(H,12,13)(H,16,17). The molecule has 0 radical (unpaired) electrons. The van der Waals surface area contributed by atoms with Gasteiger partial charge in [0.1, 0.15) is 5.56 Å². The van der Waals surface area contributed by atoms with Crippen molar-refractivity contribution in [3.05, 3.63) is 11.8 Å². The number of H-pyrrole nitrogens is 1. The molecule has 108 valence electrons. The number of nitrogens with one attached hydrogen (secondary N) is 1. The summed E-state index contributed by atoms with van der Waals surface area (Å²) < 4.78 is 26.0. The maximum absolute atomic E-state index is 12.4. The summed E-state index contributed by atoms with van der Waals surface area (Å²) in [4.78, 5) is 12.9. The van der Waals surface area contributed by atoms with Crippen LogP contribution in [0.5, 0.6) is 0 Å². The van der Waals surface area contributed by atoms with Gasteiger partial charge in [-0.25, -0.2) is 13.2 Å². The smallest absolute Gasteiger partial charge is 0.340 e. The van der Waals surface area contributed by atoms with E-state index in [-0.39, 0.29) is 23.7 Å². The highest BCUT2D eigenvalue weighted by Gasteiger charge is 2.33. The zero-order valence-corrected chi connectivity index (χ0v) is 11.4. The van der Waals surface area contributed by atoms with Gasteiger partial charge in [0.25, 0.3) is 10.0 Å². The second-order valence-corrected chi connectivity index (χ2v) is 6.18. The van der Waals surface area contributed by atoms with Crippen molar-refractivity contribution in [2.24, 2.45) is 0 Å². The molecule has 0 bridgehead atoms. The Morgan fingerprint density at radius 2 is 2.10 bits per heavy atom. The average Bonchev–Trinajstić information content (AvgIpc) is 2.90. The predicted octanol–water partition coefficient (Wildman–Crippen LogP) is -0.953. The molecule has 0 unspecified atom stereocenters. The van der Waals surface area contributed by atoms with E-state index in [2.05, 4.69) is 16.1 Å². The van der Waals surface area contributed by atoms with Crippen LogP contribution in [-0.2, 0) is 10.0 Å². The third kappa shape index (κ3) is 2.67. The lowest BCUT2D eigenvalue weighted by Crippen LogP contribution is -2.48. The van der Waals surface area contributed by atoms with E-state index < -0.39 is 16.0 Å². The number of carboxylic acid groups (broad SMARTS) is 1. The molecular weight excluding hydrogens is 284 g/mol. The largest absolute Gasteiger partial charge is 0.478 e. The molecule has 1 aliphatic heterocycles. The lowest BCUT2D eigenvalue weighted by molar-refractivity contribution is 0.0692. The Hall–Kier alpha value is -1.89. The van der Waals surface area contributed by atoms with Crippen molar-refractivity contribution >= 4 is 16.0 Å². The molecule has 0 aromatic carbocycles. The van der Waals surface area contributed by atoms with Gasteiger partial charge in [0.05, 0.1) is 12.7 Å². The van der Waals surface area contributed by atoms with E-state index in [1.807, 2.05) is 4.90 Å². The Balaban J connectivity index is 2.18. The number of terminal acetylenes is 1. The van der Waals surface area contributed by atoms with Gasteiger partial charge < -0.3 is 5.11 Å². The molecule has 2 heterocycles. The summed E-state index contributed by atoms with van der Waals surface area (Å²) in [6, 6.07) is 0. The van der Waals surface area contributed by atoms with Crippen LogP contribution >= 0.6 is 0 Å². The molecule has 0 amide bonds. The fourth-order valence-corrected chi connectivity index (χ4v) is 3.50. The third-order valence-electron chi connectivity index (χ3n) is 3.08. The van der Waals surface area contributed by atoms with Crippen LogP contribution in [0.3, 0.4) is 0 Å². The number of sulfonamides is 1. The van der Waals surface area contributed by atoms with Gasteiger partial charge in [0.2, 0.25) is 0 Å². The molecule has 9 heteroatoms. The second-order valence-electron chi connectivity index (χ2n) is 4.30. The molecule has 20 heavy (non-hydrogen) atoms. The number of aromatic carboxylic acids is 1. The van der Waals surface area contributed by atoms with Crippen LogP contribution in [0.2, 0.25) is 0 Å². The number of nitrogens with zero attached hydrogens (tertiary/aromatic N) is 3. The second kappa shape index (κ2) is 5.62. The summed E-state index contributed by atoms with van der Waals surface area (Å²) in [6.45, 7) is 2.03. The molecule has 2 rings (SSSR count). The molecule has 0 spiro atoms. The first-order valence-corrected chi connectivity index (χ1v) is 7.33. The van der Waals surface area contributed by atoms with Crippen LogP contribution in [0.15, 0.2) is 11.2 Å². The van der Waals surface area contributed by atoms with Gasteiger partial charge in [-0.15, -0.1) is 6.42 Å². The van der Waals surface area contributed by atoms with Crippen LogP contribution in [0.1, 0.15) is 10.4 Å². The summed E-state index contributed by atoms with van der Waals surface area (Å²) in [5, 5.41) is 14.3. The minimum absolute atomic E-state index is 0.266. The topological polar surface area (TPSA) is 107 Å². The minimum atomic E-state index is -3.88. The fourth-order valence-electron chi connectivity index (χ4n) is 2.01. The van der Waals surface area contributed by atoms with Crippen LogP contribution < -0.4 is 0 Å². The number of aromatic nitrogens is 2. The molecule has 8 nitrogen and oxygen atoms in total. The van der Waals surface area contributed by atoms with Gasteiger partial charge in [-0.05, 0) is 0 Å². The maximum Gasteiger partial charge on any atom is 0.340 e. The number of carbonyl (C=O) groups is 1. The van der Waals surface area contributed by atoms with E-state index in [0.717, 1.165) is 6.20 Å². The molecule has 0 aliphatic carbocycles. The first-order valence-electron chi connectivity index (χ1n) is 5.89. The van der Waals surface area contributed by atoms with Gasteiger partial charge in [0.15, 0.2) is 5.03 Å². The van der Waals surface area contributed by atoms with Crippen molar-refractivity contribution < 1.29 is 18.3 Å². The summed E-state index contributed by atoms with van der Waals surface area (Å²) in [6.07, 6.45) is 6.20. The van der Waals surface area contributed by atoms with Gasteiger partial charge in [0, 0.05) is 26.2 Å². The van der Waals surface area contributed by atoms with E-state index in [1.54, 1.807) is 0 Å². The molecule has 1 aromatic rings. The zero-order chi connectivity index (χ0) is 14.8. The summed E-state index contributed by atoms with van der Waals surface area (Å²) in [7, 11) is -3.88. The van der Waals surface area contributed by atoms with Crippen LogP contribution in [0, 0.1) is 12.3 Å². The molecule has 0 atom stereocenters. The van der Waals surface area contributed by atoms with Gasteiger partial charge in [-0.3, -0.25) is 10.00 Å². The fraction of sp³-hybridized carbons (Fsp3) is 0.455. The number of hydrogen-bond donors (Lipinski definition) is 2. The first kappa shape index (κ1) is 14.5. The molecule has 2 N–H and O–H groups in total. The molecule has 1 aromatic heterocycles. The lowest BCUT2D eigenvalue weighted by atomic mass is 10.3. The maximum atomic E-state index is 12.4.